The number of hydrogen-bond acceptors (Lipinski definition) is 4. The van der Waals surface area contributed by atoms with Crippen molar-refractivity contribution in [3.05, 3.63) is 77.7 Å². The minimum atomic E-state index is 0.220. The summed E-state index contributed by atoms with van der Waals surface area (Å²) in [4.78, 5) is 9.00. The average molecular weight is 330 g/mol. The van der Waals surface area contributed by atoms with Gasteiger partial charge in [0, 0.05) is 22.7 Å². The molecule has 0 saturated carbocycles. The molecule has 4 heteroatoms. The van der Waals surface area contributed by atoms with Crippen molar-refractivity contribution in [3.8, 4) is 17.0 Å². The molecule has 0 spiro atoms. The molecule has 0 saturated heterocycles. The van der Waals surface area contributed by atoms with Crippen molar-refractivity contribution in [2.24, 2.45) is 4.99 Å². The van der Waals surface area contributed by atoms with E-state index in [0.717, 1.165) is 22.0 Å². The summed E-state index contributed by atoms with van der Waals surface area (Å²) in [5.41, 5.74) is 2.70. The van der Waals surface area contributed by atoms with E-state index in [1.165, 1.54) is 11.3 Å². The summed E-state index contributed by atoms with van der Waals surface area (Å²) >= 11 is 1.48. The first-order chi connectivity index (χ1) is 11.8. The average Bonchev–Trinajstić information content (AvgIpc) is 3.11. The zero-order valence-electron chi connectivity index (χ0n) is 12.8. The maximum atomic E-state index is 10.2. The second-order valence-corrected chi connectivity index (χ2v) is 6.20. The zero-order valence-corrected chi connectivity index (χ0v) is 13.6. The van der Waals surface area contributed by atoms with Gasteiger partial charge in [-0.15, -0.1) is 11.3 Å². The molecule has 0 aliphatic heterocycles. The van der Waals surface area contributed by atoms with Crippen LogP contribution in [0.1, 0.15) is 5.56 Å². The van der Waals surface area contributed by atoms with Crippen LogP contribution < -0.4 is 0 Å². The zero-order chi connectivity index (χ0) is 16.4. The van der Waals surface area contributed by atoms with Gasteiger partial charge in [0.2, 0.25) is 5.13 Å². The van der Waals surface area contributed by atoms with Gasteiger partial charge in [-0.05, 0) is 16.8 Å². The van der Waals surface area contributed by atoms with E-state index in [0.29, 0.717) is 10.7 Å². The Labute approximate surface area is 143 Å². The highest BCUT2D eigenvalue weighted by Gasteiger charge is 2.06. The summed E-state index contributed by atoms with van der Waals surface area (Å²) in [6.45, 7) is 0. The number of phenols is 1. The number of nitrogens with zero attached hydrogens (tertiary/aromatic N) is 2. The molecular weight excluding hydrogens is 316 g/mol. The molecule has 0 radical (unpaired) electrons. The summed E-state index contributed by atoms with van der Waals surface area (Å²) < 4.78 is 0. The number of aliphatic imine (C=N–C) groups is 1. The Morgan fingerprint density at radius 1 is 0.917 bits per heavy atom. The highest BCUT2D eigenvalue weighted by atomic mass is 32.1. The van der Waals surface area contributed by atoms with Crippen LogP contribution in [0.25, 0.3) is 22.0 Å². The van der Waals surface area contributed by atoms with Crippen LogP contribution in [0.5, 0.6) is 5.75 Å². The standard InChI is InChI=1S/C20H14N2OS/c23-19-11-10-14-6-4-5-9-16(14)17(19)12-21-20-22-18(13-24-20)15-7-2-1-3-8-15/h1-13,23H/b21-12+. The van der Waals surface area contributed by atoms with E-state index in [1.807, 2.05) is 66.0 Å². The van der Waals surface area contributed by atoms with Gasteiger partial charge in [0.05, 0.1) is 5.69 Å². The van der Waals surface area contributed by atoms with Crippen molar-refractivity contribution < 1.29 is 5.11 Å². The molecule has 0 unspecified atom stereocenters. The molecule has 116 valence electrons. The van der Waals surface area contributed by atoms with Crippen LogP contribution in [0.2, 0.25) is 0 Å². The van der Waals surface area contributed by atoms with Crippen molar-refractivity contribution in [2.45, 2.75) is 0 Å². The first kappa shape index (κ1) is 14.6. The van der Waals surface area contributed by atoms with Crippen LogP contribution >= 0.6 is 11.3 Å². The van der Waals surface area contributed by atoms with Gasteiger partial charge in [0.15, 0.2) is 0 Å². The molecule has 3 aromatic carbocycles. The molecule has 1 N–H and O–H groups in total. The Balaban J connectivity index is 1.69. The fourth-order valence-electron chi connectivity index (χ4n) is 2.60. The van der Waals surface area contributed by atoms with Crippen LogP contribution in [0, 0.1) is 0 Å². The summed E-state index contributed by atoms with van der Waals surface area (Å²) in [5.74, 6) is 0.220. The molecule has 0 atom stereocenters. The maximum absolute atomic E-state index is 10.2. The van der Waals surface area contributed by atoms with Crippen molar-refractivity contribution in [1.82, 2.24) is 4.98 Å². The predicted molar refractivity (Wildman–Crippen MR) is 100 cm³/mol. The molecule has 0 amide bonds. The molecule has 4 aromatic rings. The second kappa shape index (κ2) is 6.26. The van der Waals surface area contributed by atoms with E-state index in [1.54, 1.807) is 12.3 Å². The van der Waals surface area contributed by atoms with Crippen molar-refractivity contribution in [2.75, 3.05) is 0 Å². The number of thiazole rings is 1. The lowest BCUT2D eigenvalue weighted by Crippen LogP contribution is -1.85. The fraction of sp³-hybridized carbons (Fsp3) is 0. The second-order valence-electron chi connectivity index (χ2n) is 5.36. The lowest BCUT2D eigenvalue weighted by Gasteiger charge is -2.04. The first-order valence-electron chi connectivity index (χ1n) is 7.57. The Morgan fingerprint density at radius 2 is 1.71 bits per heavy atom. The van der Waals surface area contributed by atoms with Gasteiger partial charge in [0.1, 0.15) is 5.75 Å². The van der Waals surface area contributed by atoms with E-state index >= 15 is 0 Å². The number of aromatic hydroxyl groups is 1. The quantitative estimate of drug-likeness (QED) is 0.510. The summed E-state index contributed by atoms with van der Waals surface area (Å²) in [6, 6.07) is 21.5. The van der Waals surface area contributed by atoms with Crippen molar-refractivity contribution in [3.63, 3.8) is 0 Å². The van der Waals surface area contributed by atoms with Crippen LogP contribution in [0.3, 0.4) is 0 Å². The molecule has 24 heavy (non-hydrogen) atoms. The predicted octanol–water partition coefficient (Wildman–Crippen LogP) is 5.42. The minimum absolute atomic E-state index is 0.220. The topological polar surface area (TPSA) is 45.5 Å². The largest absolute Gasteiger partial charge is 0.507 e. The molecule has 3 nitrogen and oxygen atoms in total. The fourth-order valence-corrected chi connectivity index (χ4v) is 3.28. The highest BCUT2D eigenvalue weighted by molar-refractivity contribution is 7.13. The molecule has 4 rings (SSSR count). The summed E-state index contributed by atoms with van der Waals surface area (Å²) in [6.07, 6.45) is 1.69. The van der Waals surface area contributed by atoms with Gasteiger partial charge >= 0.3 is 0 Å². The van der Waals surface area contributed by atoms with Crippen LogP contribution in [0.4, 0.5) is 5.13 Å². The van der Waals surface area contributed by atoms with Crippen LogP contribution in [-0.2, 0) is 0 Å². The summed E-state index contributed by atoms with van der Waals surface area (Å²) in [5, 5.41) is 14.9. The molecule has 1 heterocycles. The Hall–Kier alpha value is -2.98. The molecular formula is C20H14N2OS. The SMILES string of the molecule is Oc1ccc2ccccc2c1/C=N/c1nc(-c2ccccc2)cs1. The number of fused-ring (bicyclic) bond motifs is 1. The van der Waals surface area contributed by atoms with Crippen molar-refractivity contribution >= 4 is 33.5 Å². The molecule has 1 aromatic heterocycles. The van der Waals surface area contributed by atoms with Gasteiger partial charge < -0.3 is 5.11 Å². The number of hydrogen-bond donors (Lipinski definition) is 1. The monoisotopic (exact) mass is 330 g/mol. The van der Waals surface area contributed by atoms with E-state index in [-0.39, 0.29) is 5.75 Å². The Bertz CT molecular complexity index is 1020. The van der Waals surface area contributed by atoms with E-state index in [2.05, 4.69) is 9.98 Å². The third-order valence-corrected chi connectivity index (χ3v) is 4.56. The normalized spacial score (nSPS) is 11.3. The number of phenolic OH excluding ortho intramolecular Hbond substituents is 1. The third-order valence-electron chi connectivity index (χ3n) is 3.81. The smallest absolute Gasteiger partial charge is 0.209 e. The lowest BCUT2D eigenvalue weighted by atomic mass is 10.0. The van der Waals surface area contributed by atoms with E-state index in [4.69, 9.17) is 0 Å². The Kier molecular flexibility index (Phi) is 3.81. The van der Waals surface area contributed by atoms with Crippen LogP contribution in [0.15, 0.2) is 77.1 Å². The van der Waals surface area contributed by atoms with Crippen LogP contribution in [-0.4, -0.2) is 16.3 Å². The Morgan fingerprint density at radius 3 is 2.58 bits per heavy atom. The van der Waals surface area contributed by atoms with Gasteiger partial charge in [-0.2, -0.15) is 0 Å². The highest BCUT2D eigenvalue weighted by Crippen LogP contribution is 2.29. The minimum Gasteiger partial charge on any atom is -0.507 e. The molecule has 0 aliphatic carbocycles. The number of benzene rings is 3. The van der Waals surface area contributed by atoms with Gasteiger partial charge in [-0.25, -0.2) is 9.98 Å². The summed E-state index contributed by atoms with van der Waals surface area (Å²) in [7, 11) is 0. The molecule has 0 bridgehead atoms. The third kappa shape index (κ3) is 2.79. The van der Waals surface area contributed by atoms with Crippen molar-refractivity contribution in [1.29, 1.82) is 0 Å². The van der Waals surface area contributed by atoms with Gasteiger partial charge in [0.25, 0.3) is 0 Å². The van der Waals surface area contributed by atoms with Gasteiger partial charge in [-0.1, -0.05) is 60.7 Å². The maximum Gasteiger partial charge on any atom is 0.209 e. The molecule has 0 aliphatic rings. The molecule has 0 fully saturated rings. The van der Waals surface area contributed by atoms with E-state index in [9.17, 15) is 5.11 Å². The number of aromatic nitrogens is 1. The first-order valence-corrected chi connectivity index (χ1v) is 8.45. The lowest BCUT2D eigenvalue weighted by molar-refractivity contribution is 0.475. The van der Waals surface area contributed by atoms with Gasteiger partial charge in [-0.3, -0.25) is 0 Å². The van der Waals surface area contributed by atoms with E-state index < -0.39 is 0 Å². The number of rotatable bonds is 3.